The quantitative estimate of drug-likeness (QED) is 0.474. The predicted molar refractivity (Wildman–Crippen MR) is 121 cm³/mol. The van der Waals surface area contributed by atoms with E-state index in [0.29, 0.717) is 35.1 Å². The minimum absolute atomic E-state index is 0.00951. The van der Waals surface area contributed by atoms with Gasteiger partial charge in [0, 0.05) is 24.2 Å². The molecule has 4 rings (SSSR count). The van der Waals surface area contributed by atoms with E-state index < -0.39 is 5.97 Å². The second kappa shape index (κ2) is 10.3. The van der Waals surface area contributed by atoms with E-state index in [0.717, 1.165) is 31.1 Å². The smallest absolute Gasteiger partial charge is 0.306 e. The van der Waals surface area contributed by atoms with Gasteiger partial charge in [-0.05, 0) is 31.7 Å². The lowest BCUT2D eigenvalue weighted by molar-refractivity contribution is -0.144. The van der Waals surface area contributed by atoms with Crippen LogP contribution in [0.15, 0.2) is 24.8 Å². The summed E-state index contributed by atoms with van der Waals surface area (Å²) in [5, 5.41) is 17.8. The number of hydrogen-bond acceptors (Lipinski definition) is 7. The second-order valence-corrected chi connectivity index (χ2v) is 8.16. The molecule has 172 valence electrons. The number of nitriles is 1. The molecule has 0 aliphatic heterocycles. The number of carbonyl (C=O) groups is 2. The molecule has 1 aliphatic carbocycles. The molecule has 1 unspecified atom stereocenters. The standard InChI is InChI=1S/C23H27N7O3/c1-2-33-20(32)8-7-19(31)28-23-17(21-16-10-12-25-22(16)27-14-26-21)13-30(29-23)18(9-11-24)15-5-3-4-6-15/h10,12-15,18H,2-9H2,1H3,(H,25,26,27)(H,28,29,31). The number of ether oxygens (including phenoxy) is 1. The average Bonchev–Trinajstić information content (AvgIpc) is 3.57. The summed E-state index contributed by atoms with van der Waals surface area (Å²) < 4.78 is 6.71. The fraction of sp³-hybridized carbons (Fsp3) is 0.478. The van der Waals surface area contributed by atoms with E-state index in [1.54, 1.807) is 17.8 Å². The first kappa shape index (κ1) is 22.5. The van der Waals surface area contributed by atoms with Gasteiger partial charge in [-0.2, -0.15) is 10.4 Å². The number of anilines is 1. The number of amides is 1. The normalized spacial score (nSPS) is 14.8. The maximum Gasteiger partial charge on any atom is 0.306 e. The van der Waals surface area contributed by atoms with E-state index in [4.69, 9.17) is 9.84 Å². The van der Waals surface area contributed by atoms with E-state index in [9.17, 15) is 14.9 Å². The number of aromatic nitrogens is 5. The molecule has 10 heteroatoms. The Morgan fingerprint density at radius 3 is 2.91 bits per heavy atom. The lowest BCUT2D eigenvalue weighted by Gasteiger charge is -2.21. The molecule has 1 atom stereocenters. The molecule has 3 aromatic rings. The van der Waals surface area contributed by atoms with Crippen LogP contribution in [0.3, 0.4) is 0 Å². The number of hydrogen-bond donors (Lipinski definition) is 2. The van der Waals surface area contributed by atoms with Crippen LogP contribution in [0.4, 0.5) is 5.82 Å². The van der Waals surface area contributed by atoms with Crippen molar-refractivity contribution >= 4 is 28.7 Å². The topological polar surface area (TPSA) is 139 Å². The van der Waals surface area contributed by atoms with Crippen LogP contribution in [0, 0.1) is 17.2 Å². The molecule has 3 aromatic heterocycles. The van der Waals surface area contributed by atoms with Gasteiger partial charge in [-0.3, -0.25) is 14.3 Å². The lowest BCUT2D eigenvalue weighted by atomic mass is 9.96. The molecule has 0 radical (unpaired) electrons. The minimum atomic E-state index is -0.418. The van der Waals surface area contributed by atoms with Crippen LogP contribution in [0.5, 0.6) is 0 Å². The minimum Gasteiger partial charge on any atom is -0.466 e. The molecule has 1 amide bonds. The molecule has 0 bridgehead atoms. The molecule has 0 saturated heterocycles. The molecule has 33 heavy (non-hydrogen) atoms. The van der Waals surface area contributed by atoms with Gasteiger partial charge in [0.2, 0.25) is 5.91 Å². The van der Waals surface area contributed by atoms with Gasteiger partial charge in [0.15, 0.2) is 5.82 Å². The lowest BCUT2D eigenvalue weighted by Crippen LogP contribution is -2.19. The van der Waals surface area contributed by atoms with Gasteiger partial charge in [-0.15, -0.1) is 0 Å². The van der Waals surface area contributed by atoms with Crippen molar-refractivity contribution in [3.63, 3.8) is 0 Å². The first-order valence-corrected chi connectivity index (χ1v) is 11.3. The summed E-state index contributed by atoms with van der Waals surface area (Å²) in [7, 11) is 0. The number of fused-ring (bicyclic) bond motifs is 1. The van der Waals surface area contributed by atoms with Gasteiger partial charge >= 0.3 is 5.97 Å². The third kappa shape index (κ3) is 5.03. The van der Waals surface area contributed by atoms with E-state index in [1.807, 2.05) is 12.3 Å². The van der Waals surface area contributed by atoms with Crippen molar-refractivity contribution in [1.29, 1.82) is 5.26 Å². The summed E-state index contributed by atoms with van der Waals surface area (Å²) in [4.78, 5) is 36.0. The van der Waals surface area contributed by atoms with E-state index >= 15 is 0 Å². The van der Waals surface area contributed by atoms with Crippen LogP contribution in [0.2, 0.25) is 0 Å². The maximum atomic E-state index is 12.6. The largest absolute Gasteiger partial charge is 0.466 e. The third-order valence-electron chi connectivity index (χ3n) is 6.04. The highest BCUT2D eigenvalue weighted by atomic mass is 16.5. The maximum absolute atomic E-state index is 12.6. The van der Waals surface area contributed by atoms with Crippen molar-refractivity contribution in [2.75, 3.05) is 11.9 Å². The monoisotopic (exact) mass is 449 g/mol. The molecule has 1 saturated carbocycles. The summed E-state index contributed by atoms with van der Waals surface area (Å²) in [6.45, 7) is 2.00. The van der Waals surface area contributed by atoms with Crippen LogP contribution >= 0.6 is 0 Å². The van der Waals surface area contributed by atoms with Crippen LogP contribution in [0.1, 0.15) is 57.9 Å². The molecule has 1 aliphatic rings. The molecule has 2 N–H and O–H groups in total. The van der Waals surface area contributed by atoms with Crippen molar-refractivity contribution in [3.05, 3.63) is 24.8 Å². The first-order chi connectivity index (χ1) is 16.1. The summed E-state index contributed by atoms with van der Waals surface area (Å²) in [6, 6.07) is 4.09. The zero-order chi connectivity index (χ0) is 23.2. The van der Waals surface area contributed by atoms with Gasteiger partial charge in [0.05, 0.1) is 42.8 Å². The van der Waals surface area contributed by atoms with E-state index in [2.05, 4.69) is 26.3 Å². The van der Waals surface area contributed by atoms with Crippen LogP contribution in [0.25, 0.3) is 22.3 Å². The Hall–Kier alpha value is -3.74. The molecule has 3 heterocycles. The number of nitrogens with zero attached hydrogens (tertiary/aromatic N) is 5. The van der Waals surface area contributed by atoms with Crippen molar-refractivity contribution < 1.29 is 14.3 Å². The number of H-pyrrole nitrogens is 1. The predicted octanol–water partition coefficient (Wildman–Crippen LogP) is 3.75. The highest BCUT2D eigenvalue weighted by Crippen LogP contribution is 2.38. The molecular weight excluding hydrogens is 422 g/mol. The van der Waals surface area contributed by atoms with Crippen molar-refractivity contribution in [2.45, 2.75) is 57.9 Å². The highest BCUT2D eigenvalue weighted by Gasteiger charge is 2.29. The number of nitrogens with one attached hydrogen (secondary N) is 2. The summed E-state index contributed by atoms with van der Waals surface area (Å²) in [6.07, 6.45) is 9.81. The van der Waals surface area contributed by atoms with Gasteiger partial charge in [-0.1, -0.05) is 12.8 Å². The Kier molecular flexibility index (Phi) is 6.98. The van der Waals surface area contributed by atoms with Gasteiger partial charge in [-0.25, -0.2) is 9.97 Å². The molecular formula is C23H27N7O3. The fourth-order valence-corrected chi connectivity index (χ4v) is 4.47. The number of carbonyl (C=O) groups excluding carboxylic acids is 2. The third-order valence-corrected chi connectivity index (χ3v) is 6.04. The summed E-state index contributed by atoms with van der Waals surface area (Å²) in [5.74, 6) is -0.0430. The van der Waals surface area contributed by atoms with Gasteiger partial charge < -0.3 is 15.0 Å². The molecule has 0 spiro atoms. The van der Waals surface area contributed by atoms with Crippen molar-refractivity contribution in [3.8, 4) is 17.3 Å². The molecule has 1 fully saturated rings. The highest BCUT2D eigenvalue weighted by molar-refractivity contribution is 5.99. The van der Waals surface area contributed by atoms with E-state index in [1.165, 1.54) is 6.33 Å². The van der Waals surface area contributed by atoms with Crippen molar-refractivity contribution in [2.24, 2.45) is 5.92 Å². The van der Waals surface area contributed by atoms with Crippen LogP contribution in [-0.4, -0.2) is 43.2 Å². The number of rotatable bonds is 9. The Morgan fingerprint density at radius 1 is 1.33 bits per heavy atom. The van der Waals surface area contributed by atoms with E-state index in [-0.39, 0.29) is 31.4 Å². The Balaban J connectivity index is 1.67. The zero-order valence-corrected chi connectivity index (χ0v) is 18.6. The SMILES string of the molecule is CCOC(=O)CCC(=O)Nc1nn(C(CC#N)C2CCCC2)cc1-c1ncnc2[nH]ccc12. The average molecular weight is 450 g/mol. The van der Waals surface area contributed by atoms with Gasteiger partial charge in [0.1, 0.15) is 12.0 Å². The Morgan fingerprint density at radius 2 is 2.15 bits per heavy atom. The van der Waals surface area contributed by atoms with Crippen LogP contribution < -0.4 is 5.32 Å². The fourth-order valence-electron chi connectivity index (χ4n) is 4.47. The van der Waals surface area contributed by atoms with Crippen molar-refractivity contribution in [1.82, 2.24) is 24.7 Å². The summed E-state index contributed by atoms with van der Waals surface area (Å²) >= 11 is 0. The zero-order valence-electron chi connectivity index (χ0n) is 18.6. The van der Waals surface area contributed by atoms with Gasteiger partial charge in [0.25, 0.3) is 0 Å². The molecule has 0 aromatic carbocycles. The summed E-state index contributed by atoms with van der Waals surface area (Å²) in [5.41, 5.74) is 1.96. The number of esters is 1. The molecule has 10 nitrogen and oxygen atoms in total. The first-order valence-electron chi connectivity index (χ1n) is 11.3. The van der Waals surface area contributed by atoms with Crippen LogP contribution in [-0.2, 0) is 14.3 Å². The Bertz CT molecular complexity index is 1170. The second-order valence-electron chi connectivity index (χ2n) is 8.16. The number of aromatic amines is 1. The Labute approximate surface area is 191 Å².